The zero-order valence-electron chi connectivity index (χ0n) is 21.0. The second-order valence-electron chi connectivity index (χ2n) is 11.5. The molecular formula is C26H27ClN8O2S. The predicted molar refractivity (Wildman–Crippen MR) is 143 cm³/mol. The van der Waals surface area contributed by atoms with Crippen molar-refractivity contribution in [3.05, 3.63) is 58.8 Å². The smallest absolute Gasteiger partial charge is 0.160 e. The second kappa shape index (κ2) is 7.77. The summed E-state index contributed by atoms with van der Waals surface area (Å²) in [6.45, 7) is 3.20. The van der Waals surface area contributed by atoms with Crippen LogP contribution in [0.3, 0.4) is 0 Å². The zero-order valence-corrected chi connectivity index (χ0v) is 22.5. The number of aryl methyl sites for hydroxylation is 1. The molecule has 3 aliphatic heterocycles. The first-order chi connectivity index (χ1) is 18.3. The first kappa shape index (κ1) is 22.9. The normalized spacial score (nSPS) is 22.4. The van der Waals surface area contributed by atoms with Crippen LogP contribution in [0.4, 0.5) is 5.82 Å². The number of nitrogens with zero attached hydrogens (tertiary/aromatic N) is 8. The lowest BCUT2D eigenvalue weighted by molar-refractivity contribution is 0.0582. The Balaban J connectivity index is 1.05. The maximum absolute atomic E-state index is 11.9. The topological polar surface area (TPSA) is 102 Å². The van der Waals surface area contributed by atoms with Crippen molar-refractivity contribution >= 4 is 38.3 Å². The quantitative estimate of drug-likeness (QED) is 0.384. The lowest BCUT2D eigenvalue weighted by Gasteiger charge is -2.59. The van der Waals surface area contributed by atoms with E-state index in [1.165, 1.54) is 0 Å². The van der Waals surface area contributed by atoms with Gasteiger partial charge in [0.25, 0.3) is 0 Å². The van der Waals surface area contributed by atoms with Gasteiger partial charge in [0.05, 0.1) is 29.1 Å². The summed E-state index contributed by atoms with van der Waals surface area (Å²) >= 11 is 6.39. The molecule has 0 radical (unpaired) electrons. The van der Waals surface area contributed by atoms with Gasteiger partial charge in [0.15, 0.2) is 27.1 Å². The number of pyridine rings is 1. The van der Waals surface area contributed by atoms with Gasteiger partial charge in [0, 0.05) is 55.3 Å². The first-order valence-corrected chi connectivity index (χ1v) is 15.2. The Morgan fingerprint density at radius 1 is 1.08 bits per heavy atom. The number of anilines is 1. The van der Waals surface area contributed by atoms with Gasteiger partial charge in [0.1, 0.15) is 5.82 Å². The molecule has 0 amide bonds. The van der Waals surface area contributed by atoms with E-state index in [1.807, 2.05) is 36.1 Å². The third-order valence-corrected chi connectivity index (χ3v) is 10.8. The molecule has 10 nitrogen and oxygen atoms in total. The molecule has 38 heavy (non-hydrogen) atoms. The third-order valence-electron chi connectivity index (χ3n) is 8.82. The second-order valence-corrected chi connectivity index (χ2v) is 14.1. The maximum atomic E-state index is 11.9. The SMILES string of the molecule is Cn1nc(N2CC3(CC(c4nnc5n4-c4ccc(Cl)cc4CN(C4CS(=O)(=O)C4)C5)C3)C2)c2cccnc21. The average Bonchev–Trinajstić information content (AvgIpc) is 3.32. The van der Waals surface area contributed by atoms with Gasteiger partial charge in [-0.15, -0.1) is 10.2 Å². The highest BCUT2D eigenvalue weighted by atomic mass is 35.5. The van der Waals surface area contributed by atoms with Gasteiger partial charge in [-0.25, -0.2) is 18.1 Å². The Bertz CT molecular complexity index is 1700. The fraction of sp³-hybridized carbons (Fsp3) is 0.462. The molecule has 0 atom stereocenters. The molecule has 8 rings (SSSR count). The molecule has 4 aromatic rings. The summed E-state index contributed by atoms with van der Waals surface area (Å²) in [5, 5.41) is 15.8. The summed E-state index contributed by atoms with van der Waals surface area (Å²) in [5.74, 6) is 3.63. The molecule has 3 aromatic heterocycles. The Morgan fingerprint density at radius 3 is 2.68 bits per heavy atom. The number of sulfone groups is 1. The highest BCUT2D eigenvalue weighted by molar-refractivity contribution is 7.92. The monoisotopic (exact) mass is 550 g/mol. The third kappa shape index (κ3) is 3.37. The summed E-state index contributed by atoms with van der Waals surface area (Å²) in [6.07, 6.45) is 3.94. The van der Waals surface area contributed by atoms with Crippen LogP contribution in [0.15, 0.2) is 36.5 Å². The number of aromatic nitrogens is 6. The maximum Gasteiger partial charge on any atom is 0.160 e. The van der Waals surface area contributed by atoms with Crippen LogP contribution >= 0.6 is 11.6 Å². The molecular weight excluding hydrogens is 524 g/mol. The summed E-state index contributed by atoms with van der Waals surface area (Å²) < 4.78 is 27.9. The van der Waals surface area contributed by atoms with Crippen molar-refractivity contribution in [1.29, 1.82) is 0 Å². The van der Waals surface area contributed by atoms with Crippen LogP contribution in [0.5, 0.6) is 0 Å². The summed E-state index contributed by atoms with van der Waals surface area (Å²) in [6, 6.07) is 10.0. The summed E-state index contributed by atoms with van der Waals surface area (Å²) in [5.41, 5.74) is 3.33. The van der Waals surface area contributed by atoms with Crippen molar-refractivity contribution in [3.63, 3.8) is 0 Å². The number of fused-ring (bicyclic) bond motifs is 4. The molecule has 1 aliphatic carbocycles. The molecule has 1 spiro atoms. The molecule has 196 valence electrons. The summed E-state index contributed by atoms with van der Waals surface area (Å²) in [7, 11) is -0.981. The van der Waals surface area contributed by atoms with Crippen molar-refractivity contribution in [2.75, 3.05) is 29.5 Å². The van der Waals surface area contributed by atoms with Gasteiger partial charge in [0.2, 0.25) is 0 Å². The van der Waals surface area contributed by atoms with E-state index in [0.29, 0.717) is 24.0 Å². The highest BCUT2D eigenvalue weighted by Gasteiger charge is 2.55. The number of hydrogen-bond donors (Lipinski definition) is 0. The molecule has 4 aliphatic rings. The fourth-order valence-corrected chi connectivity index (χ4v) is 8.66. The predicted octanol–water partition coefficient (Wildman–Crippen LogP) is 2.70. The molecule has 3 fully saturated rings. The minimum atomic E-state index is -2.93. The molecule has 2 saturated heterocycles. The van der Waals surface area contributed by atoms with Gasteiger partial charge in [-0.05, 0) is 48.7 Å². The molecule has 0 bridgehead atoms. The minimum Gasteiger partial charge on any atom is -0.353 e. The van der Waals surface area contributed by atoms with Crippen LogP contribution in [0.2, 0.25) is 5.02 Å². The number of rotatable bonds is 3. The van der Waals surface area contributed by atoms with Crippen molar-refractivity contribution in [2.45, 2.75) is 37.9 Å². The lowest BCUT2D eigenvalue weighted by Crippen LogP contribution is -2.62. The first-order valence-electron chi connectivity index (χ1n) is 13.0. The Morgan fingerprint density at radius 2 is 1.89 bits per heavy atom. The van der Waals surface area contributed by atoms with Gasteiger partial charge >= 0.3 is 0 Å². The van der Waals surface area contributed by atoms with E-state index < -0.39 is 9.84 Å². The molecule has 0 unspecified atom stereocenters. The zero-order chi connectivity index (χ0) is 25.8. The van der Waals surface area contributed by atoms with Gasteiger partial charge in [-0.2, -0.15) is 5.10 Å². The number of halogens is 1. The van der Waals surface area contributed by atoms with Gasteiger partial charge < -0.3 is 4.90 Å². The number of benzene rings is 1. The Kier molecular flexibility index (Phi) is 4.68. The van der Waals surface area contributed by atoms with Crippen LogP contribution in [-0.4, -0.2) is 73.5 Å². The van der Waals surface area contributed by atoms with E-state index in [-0.39, 0.29) is 23.0 Å². The van der Waals surface area contributed by atoms with E-state index in [9.17, 15) is 8.42 Å². The van der Waals surface area contributed by atoms with E-state index >= 15 is 0 Å². The van der Waals surface area contributed by atoms with Gasteiger partial charge in [-0.3, -0.25) is 9.47 Å². The van der Waals surface area contributed by atoms with Crippen LogP contribution in [0, 0.1) is 5.41 Å². The number of hydrogen-bond acceptors (Lipinski definition) is 8. The standard InChI is InChI=1S/C26H27ClN8O2S/c1-32-24-20(3-2-6-28-24)25(31-32)34-14-26(15-34)8-17(9-26)23-30-29-22-11-33(19-12-38(36,37)13-19)10-16-7-18(27)4-5-21(16)35(22)23/h2-7,17,19H,8-15H2,1H3. The van der Waals surface area contributed by atoms with Crippen LogP contribution in [0.1, 0.15) is 36.0 Å². The molecule has 12 heteroatoms. The Labute approximate surface area is 225 Å². The van der Waals surface area contributed by atoms with Crippen molar-refractivity contribution < 1.29 is 8.42 Å². The Hall–Kier alpha value is -3.02. The van der Waals surface area contributed by atoms with E-state index in [1.54, 1.807) is 0 Å². The van der Waals surface area contributed by atoms with Crippen molar-refractivity contribution in [3.8, 4) is 5.69 Å². The van der Waals surface area contributed by atoms with Gasteiger partial charge in [-0.1, -0.05) is 11.6 Å². The molecule has 6 heterocycles. The highest BCUT2D eigenvalue weighted by Crippen LogP contribution is 2.57. The molecule has 1 aromatic carbocycles. The van der Waals surface area contributed by atoms with Crippen LogP contribution < -0.4 is 4.90 Å². The van der Waals surface area contributed by atoms with Crippen molar-refractivity contribution in [2.24, 2.45) is 12.5 Å². The van der Waals surface area contributed by atoms with Crippen molar-refractivity contribution in [1.82, 2.24) is 34.4 Å². The minimum absolute atomic E-state index is 0.00402. The van der Waals surface area contributed by atoms with E-state index in [4.69, 9.17) is 21.8 Å². The van der Waals surface area contributed by atoms with E-state index in [0.717, 1.165) is 65.7 Å². The van der Waals surface area contributed by atoms with Crippen LogP contribution in [0.25, 0.3) is 16.7 Å². The average molecular weight is 551 g/mol. The van der Waals surface area contributed by atoms with Crippen LogP contribution in [-0.2, 0) is 30.0 Å². The lowest BCUT2D eigenvalue weighted by atomic mass is 9.57. The molecule has 0 N–H and O–H groups in total. The summed E-state index contributed by atoms with van der Waals surface area (Å²) in [4.78, 5) is 9.06. The molecule has 1 saturated carbocycles. The fourth-order valence-electron chi connectivity index (χ4n) is 6.97. The van der Waals surface area contributed by atoms with E-state index in [2.05, 4.69) is 36.6 Å². The largest absolute Gasteiger partial charge is 0.353 e.